The lowest BCUT2D eigenvalue weighted by Crippen LogP contribution is -2.15. The fraction of sp³-hybridized carbons (Fsp3) is 0. The van der Waals surface area contributed by atoms with E-state index >= 15 is 0 Å². The van der Waals surface area contributed by atoms with Crippen molar-refractivity contribution in [1.82, 2.24) is 0 Å². The normalized spacial score (nSPS) is 9.50. The summed E-state index contributed by atoms with van der Waals surface area (Å²) in [5, 5.41) is 0. The molecule has 0 atom stereocenters. The third-order valence-corrected chi connectivity index (χ3v) is 2.18. The van der Waals surface area contributed by atoms with Crippen LogP contribution in [0.4, 0.5) is 4.39 Å². The van der Waals surface area contributed by atoms with Crippen LogP contribution in [-0.4, -0.2) is 4.36 Å². The standard InChI is InChI=1S/C6H4BBr2F/c8-7(9)5-1-3-6(10)4-2-5/h1-4H. The Labute approximate surface area is 75.8 Å². The van der Waals surface area contributed by atoms with Gasteiger partial charge in [0.15, 0.2) is 0 Å². The van der Waals surface area contributed by atoms with E-state index in [9.17, 15) is 4.39 Å². The van der Waals surface area contributed by atoms with Crippen LogP contribution in [0.25, 0.3) is 0 Å². The zero-order valence-corrected chi connectivity index (χ0v) is 8.19. The maximum absolute atomic E-state index is 12.3. The average molecular weight is 266 g/mol. The van der Waals surface area contributed by atoms with Crippen molar-refractivity contribution in [2.45, 2.75) is 0 Å². The van der Waals surface area contributed by atoms with Crippen molar-refractivity contribution >= 4 is 41.3 Å². The Morgan fingerprint density at radius 1 is 1.10 bits per heavy atom. The van der Waals surface area contributed by atoms with Gasteiger partial charge in [-0.1, -0.05) is 17.6 Å². The van der Waals surface area contributed by atoms with Gasteiger partial charge in [-0.05, 0) is 12.1 Å². The second-order valence-electron chi connectivity index (χ2n) is 1.85. The van der Waals surface area contributed by atoms with Crippen LogP contribution >= 0.6 is 31.5 Å². The summed E-state index contributed by atoms with van der Waals surface area (Å²) in [6.45, 7) is 0. The lowest BCUT2D eigenvalue weighted by Gasteiger charge is -1.96. The highest BCUT2D eigenvalue weighted by atomic mass is 79.9. The minimum Gasteiger partial charge on any atom is -0.207 e. The summed E-state index contributed by atoms with van der Waals surface area (Å²) in [5.74, 6) is -0.204. The molecule has 0 aromatic heterocycles. The topological polar surface area (TPSA) is 0 Å². The van der Waals surface area contributed by atoms with E-state index in [2.05, 4.69) is 31.5 Å². The molecule has 1 aromatic carbocycles. The Bertz CT molecular complexity index is 209. The molecule has 0 saturated heterocycles. The smallest absolute Gasteiger partial charge is 0.207 e. The van der Waals surface area contributed by atoms with Crippen LogP contribution in [0.5, 0.6) is 0 Å². The van der Waals surface area contributed by atoms with E-state index in [0.717, 1.165) is 5.46 Å². The van der Waals surface area contributed by atoms with Gasteiger partial charge in [-0.15, -0.1) is 31.5 Å². The molecule has 0 spiro atoms. The molecule has 1 rings (SSSR count). The molecule has 0 nitrogen and oxygen atoms in total. The fourth-order valence-electron chi connectivity index (χ4n) is 0.608. The molecule has 0 N–H and O–H groups in total. The maximum atomic E-state index is 12.3. The minimum absolute atomic E-state index is 0.112. The first-order valence-electron chi connectivity index (χ1n) is 2.74. The van der Waals surface area contributed by atoms with Crippen LogP contribution in [0.15, 0.2) is 24.3 Å². The zero-order valence-electron chi connectivity index (χ0n) is 5.02. The van der Waals surface area contributed by atoms with Crippen LogP contribution in [0.3, 0.4) is 0 Å². The first kappa shape index (κ1) is 8.27. The molecule has 4 heteroatoms. The molecule has 10 heavy (non-hydrogen) atoms. The molecule has 0 aliphatic carbocycles. The van der Waals surface area contributed by atoms with Crippen LogP contribution in [0.2, 0.25) is 0 Å². The number of benzene rings is 1. The average Bonchev–Trinajstić information content (AvgIpc) is 1.88. The van der Waals surface area contributed by atoms with Gasteiger partial charge in [0.25, 0.3) is 0 Å². The SMILES string of the molecule is Fc1ccc(B(Br)Br)cc1. The van der Waals surface area contributed by atoms with Crippen molar-refractivity contribution in [3.63, 3.8) is 0 Å². The highest BCUT2D eigenvalue weighted by Crippen LogP contribution is 2.03. The molecule has 0 aliphatic heterocycles. The predicted molar refractivity (Wildman–Crippen MR) is 49.6 cm³/mol. The monoisotopic (exact) mass is 264 g/mol. The Morgan fingerprint density at radius 3 is 2.00 bits per heavy atom. The molecule has 0 heterocycles. The van der Waals surface area contributed by atoms with E-state index in [1.165, 1.54) is 12.1 Å². The quantitative estimate of drug-likeness (QED) is 0.684. The van der Waals surface area contributed by atoms with Crippen LogP contribution < -0.4 is 5.46 Å². The highest BCUT2D eigenvalue weighted by Gasteiger charge is 2.05. The molecule has 0 amide bonds. The fourth-order valence-corrected chi connectivity index (χ4v) is 1.22. The Balaban J connectivity index is 2.89. The third-order valence-electron chi connectivity index (χ3n) is 1.12. The zero-order chi connectivity index (χ0) is 7.56. The van der Waals surface area contributed by atoms with Crippen molar-refractivity contribution in [2.75, 3.05) is 0 Å². The van der Waals surface area contributed by atoms with Crippen LogP contribution in [-0.2, 0) is 0 Å². The van der Waals surface area contributed by atoms with E-state index < -0.39 is 0 Å². The minimum atomic E-state index is -0.204. The van der Waals surface area contributed by atoms with Gasteiger partial charge in [-0.3, -0.25) is 0 Å². The molecule has 52 valence electrons. The molecular weight excluding hydrogens is 262 g/mol. The lowest BCUT2D eigenvalue weighted by molar-refractivity contribution is 0.628. The summed E-state index contributed by atoms with van der Waals surface area (Å²) in [5.41, 5.74) is 1.02. The Hall–Kier alpha value is 0.175. The summed E-state index contributed by atoms with van der Waals surface area (Å²) < 4.78 is 12.4. The lowest BCUT2D eigenvalue weighted by atomic mass is 9.96. The molecule has 1 aromatic rings. The summed E-state index contributed by atoms with van der Waals surface area (Å²) in [6, 6.07) is 6.32. The van der Waals surface area contributed by atoms with Gasteiger partial charge >= 0.3 is 4.36 Å². The van der Waals surface area contributed by atoms with E-state index in [-0.39, 0.29) is 10.2 Å². The summed E-state index contributed by atoms with van der Waals surface area (Å²) >= 11 is 6.60. The van der Waals surface area contributed by atoms with Crippen LogP contribution in [0, 0.1) is 5.82 Å². The summed E-state index contributed by atoms with van der Waals surface area (Å²) in [4.78, 5) is 0. The van der Waals surface area contributed by atoms with Gasteiger partial charge in [0.05, 0.1) is 0 Å². The van der Waals surface area contributed by atoms with Crippen molar-refractivity contribution in [1.29, 1.82) is 0 Å². The Kier molecular flexibility index (Phi) is 2.92. The molecule has 0 aliphatic rings. The van der Waals surface area contributed by atoms with Gasteiger partial charge in [-0.2, -0.15) is 0 Å². The van der Waals surface area contributed by atoms with Crippen molar-refractivity contribution in [2.24, 2.45) is 0 Å². The van der Waals surface area contributed by atoms with Crippen molar-refractivity contribution in [3.05, 3.63) is 30.1 Å². The number of halogens is 3. The molecule has 0 unspecified atom stereocenters. The summed E-state index contributed by atoms with van der Waals surface area (Å²) in [7, 11) is 0. The first-order valence-corrected chi connectivity index (χ1v) is 4.57. The number of rotatable bonds is 1. The second kappa shape index (κ2) is 3.53. The Morgan fingerprint density at radius 2 is 1.60 bits per heavy atom. The number of hydrogen-bond acceptors (Lipinski definition) is 0. The summed E-state index contributed by atoms with van der Waals surface area (Å²) in [6.07, 6.45) is 0. The second-order valence-corrected chi connectivity index (χ2v) is 4.91. The largest absolute Gasteiger partial charge is 0.329 e. The highest BCUT2D eigenvalue weighted by molar-refractivity contribution is 9.49. The van der Waals surface area contributed by atoms with Gasteiger partial charge in [0.1, 0.15) is 5.82 Å². The van der Waals surface area contributed by atoms with E-state index in [4.69, 9.17) is 0 Å². The van der Waals surface area contributed by atoms with E-state index in [1.807, 2.05) is 0 Å². The first-order chi connectivity index (χ1) is 4.70. The predicted octanol–water partition coefficient (Wildman–Crippen LogP) is 2.31. The molecule has 0 saturated carbocycles. The maximum Gasteiger partial charge on any atom is 0.329 e. The van der Waals surface area contributed by atoms with Gasteiger partial charge in [0, 0.05) is 0 Å². The van der Waals surface area contributed by atoms with Crippen molar-refractivity contribution < 1.29 is 4.39 Å². The van der Waals surface area contributed by atoms with E-state index in [1.54, 1.807) is 12.1 Å². The molecular formula is C6H4BBr2F. The van der Waals surface area contributed by atoms with Gasteiger partial charge < -0.3 is 0 Å². The molecule has 0 bridgehead atoms. The van der Waals surface area contributed by atoms with Gasteiger partial charge in [0.2, 0.25) is 0 Å². The van der Waals surface area contributed by atoms with Gasteiger partial charge in [-0.25, -0.2) is 4.39 Å². The van der Waals surface area contributed by atoms with Crippen molar-refractivity contribution in [3.8, 4) is 0 Å². The molecule has 0 radical (unpaired) electrons. The third kappa shape index (κ3) is 2.09. The van der Waals surface area contributed by atoms with E-state index in [0.29, 0.717) is 0 Å². The molecule has 0 fully saturated rings. The van der Waals surface area contributed by atoms with Crippen LogP contribution in [0.1, 0.15) is 0 Å². The number of hydrogen-bond donors (Lipinski definition) is 0.